The number of halogens is 1. The average molecular weight is 397 g/mol. The van der Waals surface area contributed by atoms with Crippen molar-refractivity contribution < 1.29 is 23.9 Å². The molecule has 0 bridgehead atoms. The van der Waals surface area contributed by atoms with Crippen LogP contribution in [0.15, 0.2) is 28.7 Å². The number of esters is 2. The Kier molecular flexibility index (Phi) is 5.48. The van der Waals surface area contributed by atoms with Gasteiger partial charge in [0.05, 0.1) is 6.61 Å². The summed E-state index contributed by atoms with van der Waals surface area (Å²) in [4.78, 5) is 37.2. The SMILES string of the molecule is CCOC(=O)[C@@H]1C(=O)OC(C)(C)[C@@H]1[C@@H](C)C(=O)c1ccc(Br)cc1. The smallest absolute Gasteiger partial charge is 0.321 e. The Morgan fingerprint density at radius 1 is 1.29 bits per heavy atom. The Labute approximate surface area is 149 Å². The molecule has 1 heterocycles. The summed E-state index contributed by atoms with van der Waals surface area (Å²) >= 11 is 3.33. The van der Waals surface area contributed by atoms with Crippen LogP contribution in [0.4, 0.5) is 0 Å². The molecule has 1 aromatic rings. The maximum Gasteiger partial charge on any atom is 0.321 e. The second kappa shape index (κ2) is 7.05. The molecular formula is C18H21BrO5. The van der Waals surface area contributed by atoms with Gasteiger partial charge in [-0.3, -0.25) is 14.4 Å². The van der Waals surface area contributed by atoms with Crippen molar-refractivity contribution >= 4 is 33.7 Å². The minimum Gasteiger partial charge on any atom is -0.465 e. The third kappa shape index (κ3) is 3.53. The van der Waals surface area contributed by atoms with Gasteiger partial charge in [-0.05, 0) is 32.9 Å². The van der Waals surface area contributed by atoms with E-state index in [-0.39, 0.29) is 12.4 Å². The van der Waals surface area contributed by atoms with Crippen LogP contribution in [0.5, 0.6) is 0 Å². The molecule has 6 heteroatoms. The Bertz CT molecular complexity index is 650. The van der Waals surface area contributed by atoms with Crippen LogP contribution in [0.25, 0.3) is 0 Å². The molecule has 0 radical (unpaired) electrons. The number of benzene rings is 1. The Morgan fingerprint density at radius 3 is 2.42 bits per heavy atom. The fourth-order valence-electron chi connectivity index (χ4n) is 3.34. The fraction of sp³-hybridized carbons (Fsp3) is 0.500. The van der Waals surface area contributed by atoms with Gasteiger partial charge in [0.2, 0.25) is 0 Å². The standard InChI is InChI=1S/C18H21BrO5/c1-5-23-16(21)13-14(18(3,4)24-17(13)22)10(2)15(20)11-6-8-12(19)9-7-11/h6-10,13-14H,5H2,1-4H3/t10-,13-,14-/m1/s1. The zero-order valence-corrected chi connectivity index (χ0v) is 15.8. The van der Waals surface area contributed by atoms with E-state index in [4.69, 9.17) is 9.47 Å². The number of rotatable bonds is 5. The molecule has 0 amide bonds. The van der Waals surface area contributed by atoms with Gasteiger partial charge in [-0.2, -0.15) is 0 Å². The quantitative estimate of drug-likeness (QED) is 0.433. The van der Waals surface area contributed by atoms with E-state index in [9.17, 15) is 14.4 Å². The van der Waals surface area contributed by atoms with Crippen molar-refractivity contribution in [2.75, 3.05) is 6.61 Å². The van der Waals surface area contributed by atoms with Crippen LogP contribution in [-0.4, -0.2) is 29.9 Å². The van der Waals surface area contributed by atoms with E-state index in [1.807, 2.05) is 0 Å². The predicted octanol–water partition coefficient (Wildman–Crippen LogP) is 3.40. The van der Waals surface area contributed by atoms with Crippen LogP contribution in [0, 0.1) is 17.8 Å². The largest absolute Gasteiger partial charge is 0.465 e. The van der Waals surface area contributed by atoms with Crippen molar-refractivity contribution in [3.63, 3.8) is 0 Å². The molecule has 1 aliphatic rings. The average Bonchev–Trinajstić information content (AvgIpc) is 2.75. The minimum absolute atomic E-state index is 0.131. The molecule has 0 unspecified atom stereocenters. The van der Waals surface area contributed by atoms with Crippen molar-refractivity contribution in [2.24, 2.45) is 17.8 Å². The van der Waals surface area contributed by atoms with Crippen molar-refractivity contribution in [3.8, 4) is 0 Å². The zero-order chi connectivity index (χ0) is 18.1. The Balaban J connectivity index is 2.33. The number of hydrogen-bond acceptors (Lipinski definition) is 5. The van der Waals surface area contributed by atoms with Crippen molar-refractivity contribution in [3.05, 3.63) is 34.3 Å². The summed E-state index contributed by atoms with van der Waals surface area (Å²) in [5, 5.41) is 0. The molecule has 0 saturated carbocycles. The van der Waals surface area contributed by atoms with Gasteiger partial charge in [0.1, 0.15) is 5.60 Å². The lowest BCUT2D eigenvalue weighted by atomic mass is 9.72. The number of ether oxygens (including phenoxy) is 2. The highest BCUT2D eigenvalue weighted by Crippen LogP contribution is 2.43. The van der Waals surface area contributed by atoms with Gasteiger partial charge < -0.3 is 9.47 Å². The summed E-state index contributed by atoms with van der Waals surface area (Å²) in [7, 11) is 0. The molecule has 0 aliphatic carbocycles. The van der Waals surface area contributed by atoms with Crippen molar-refractivity contribution in [1.29, 1.82) is 0 Å². The highest BCUT2D eigenvalue weighted by Gasteiger charge is 2.57. The highest BCUT2D eigenvalue weighted by atomic mass is 79.9. The summed E-state index contributed by atoms with van der Waals surface area (Å²) in [6, 6.07) is 6.99. The van der Waals surface area contributed by atoms with E-state index in [2.05, 4.69) is 15.9 Å². The first-order valence-corrected chi connectivity index (χ1v) is 8.67. The van der Waals surface area contributed by atoms with Gasteiger partial charge in [-0.15, -0.1) is 0 Å². The number of ketones is 1. The molecule has 5 nitrogen and oxygen atoms in total. The van der Waals surface area contributed by atoms with Crippen LogP contribution in [0.2, 0.25) is 0 Å². The molecule has 1 fully saturated rings. The predicted molar refractivity (Wildman–Crippen MR) is 91.4 cm³/mol. The van der Waals surface area contributed by atoms with Gasteiger partial charge in [0.25, 0.3) is 0 Å². The van der Waals surface area contributed by atoms with Gasteiger partial charge in [0, 0.05) is 21.9 Å². The van der Waals surface area contributed by atoms with Crippen molar-refractivity contribution in [1.82, 2.24) is 0 Å². The van der Waals surface area contributed by atoms with Crippen LogP contribution < -0.4 is 0 Å². The van der Waals surface area contributed by atoms with Gasteiger partial charge in [-0.25, -0.2) is 0 Å². The molecule has 130 valence electrons. The minimum atomic E-state index is -1.07. The van der Waals surface area contributed by atoms with Gasteiger partial charge in [0.15, 0.2) is 11.7 Å². The Morgan fingerprint density at radius 2 is 1.88 bits per heavy atom. The first kappa shape index (κ1) is 18.6. The first-order chi connectivity index (χ1) is 11.2. The number of hydrogen-bond donors (Lipinski definition) is 0. The van der Waals surface area contributed by atoms with Crippen LogP contribution >= 0.6 is 15.9 Å². The maximum atomic E-state index is 12.8. The fourth-order valence-corrected chi connectivity index (χ4v) is 3.61. The number of carbonyl (C=O) groups is 3. The second-order valence-corrected chi connectivity index (χ2v) is 7.36. The Hall–Kier alpha value is -1.69. The zero-order valence-electron chi connectivity index (χ0n) is 14.2. The summed E-state index contributed by atoms with van der Waals surface area (Å²) in [5.74, 6) is -3.61. The molecular weight excluding hydrogens is 376 g/mol. The molecule has 3 atom stereocenters. The second-order valence-electron chi connectivity index (χ2n) is 6.44. The van der Waals surface area contributed by atoms with Gasteiger partial charge in [-0.1, -0.05) is 35.0 Å². The van der Waals surface area contributed by atoms with E-state index in [1.54, 1.807) is 52.0 Å². The van der Waals surface area contributed by atoms with E-state index in [1.165, 1.54) is 0 Å². The van der Waals surface area contributed by atoms with E-state index in [0.717, 1.165) is 4.47 Å². The highest BCUT2D eigenvalue weighted by molar-refractivity contribution is 9.10. The normalized spacial score (nSPS) is 23.5. The van der Waals surface area contributed by atoms with Crippen LogP contribution in [0.3, 0.4) is 0 Å². The van der Waals surface area contributed by atoms with E-state index >= 15 is 0 Å². The monoisotopic (exact) mass is 396 g/mol. The molecule has 0 spiro atoms. The molecule has 1 aliphatic heterocycles. The summed E-state index contributed by atoms with van der Waals surface area (Å²) in [6.45, 7) is 7.02. The maximum absolute atomic E-state index is 12.8. The molecule has 24 heavy (non-hydrogen) atoms. The third-order valence-corrected chi connectivity index (χ3v) is 4.93. The summed E-state index contributed by atoms with van der Waals surface area (Å²) in [6.07, 6.45) is 0. The third-order valence-electron chi connectivity index (χ3n) is 4.40. The molecule has 1 aromatic carbocycles. The van der Waals surface area contributed by atoms with E-state index in [0.29, 0.717) is 5.56 Å². The van der Waals surface area contributed by atoms with Gasteiger partial charge >= 0.3 is 11.9 Å². The number of carbonyl (C=O) groups excluding carboxylic acids is 3. The first-order valence-electron chi connectivity index (χ1n) is 7.88. The van der Waals surface area contributed by atoms with Crippen molar-refractivity contribution in [2.45, 2.75) is 33.3 Å². The lowest BCUT2D eigenvalue weighted by molar-refractivity contribution is -0.157. The summed E-state index contributed by atoms with van der Waals surface area (Å²) < 4.78 is 11.3. The number of cyclic esters (lactones) is 1. The van der Waals surface area contributed by atoms with Crippen LogP contribution in [-0.2, 0) is 19.1 Å². The van der Waals surface area contributed by atoms with Crippen LogP contribution in [0.1, 0.15) is 38.1 Å². The lowest BCUT2D eigenvalue weighted by Crippen LogP contribution is -2.41. The lowest BCUT2D eigenvalue weighted by Gasteiger charge is -2.30. The number of Topliss-reactive ketones (excluding diaryl/α,β-unsaturated/α-hetero) is 1. The molecule has 2 rings (SSSR count). The summed E-state index contributed by atoms with van der Waals surface area (Å²) in [5.41, 5.74) is -0.387. The van der Waals surface area contributed by atoms with E-state index < -0.39 is 35.3 Å². The topological polar surface area (TPSA) is 69.7 Å². The molecule has 1 saturated heterocycles. The molecule has 0 N–H and O–H groups in total. The molecule has 0 aromatic heterocycles.